The first-order valence-electron chi connectivity index (χ1n) is 21.8. The molecule has 5 aromatic carbocycles. The molecule has 2 amide bonds. The maximum Gasteiger partial charge on any atom is 0.409 e. The number of sulfonamides is 1. The third kappa shape index (κ3) is 9.32. The van der Waals surface area contributed by atoms with E-state index < -0.39 is 33.5 Å². The van der Waals surface area contributed by atoms with Crippen LogP contribution in [-0.4, -0.2) is 96.7 Å². The molecule has 0 bridgehead atoms. The molecule has 2 unspecified atom stereocenters. The first-order chi connectivity index (χ1) is 31.2. The number of aliphatic hydroxyl groups is 1. The number of rotatable bonds is 18. The molecule has 64 heavy (non-hydrogen) atoms. The number of benzene rings is 5. The SMILES string of the molecule is COCCCCC1(CNC(=O)C2CC(NS(=O)(=O)c3ccc(OCCCO)c(OC)c3)CN(C(=O)OCC3c4ccccc4-c4ccccc43)C2)c2ccccc2Oc2ccccc21. The zero-order valence-corrected chi connectivity index (χ0v) is 37.0. The van der Waals surface area contributed by atoms with Crippen molar-refractivity contribution in [2.45, 2.75) is 54.4 Å². The Balaban J connectivity index is 1.05. The molecule has 2 aliphatic heterocycles. The molecular formula is C50H55N3O10S. The van der Waals surface area contributed by atoms with Crippen LogP contribution in [0.1, 0.15) is 60.3 Å². The number of amides is 2. The minimum absolute atomic E-state index is 0.0194. The first-order valence-corrected chi connectivity index (χ1v) is 23.3. The summed E-state index contributed by atoms with van der Waals surface area (Å²) in [6.07, 6.45) is 2.21. The lowest BCUT2D eigenvalue weighted by Crippen LogP contribution is -2.56. The van der Waals surface area contributed by atoms with Crippen molar-refractivity contribution in [3.05, 3.63) is 138 Å². The predicted molar refractivity (Wildman–Crippen MR) is 242 cm³/mol. The lowest BCUT2D eigenvalue weighted by atomic mass is 9.69. The molecule has 5 aromatic rings. The van der Waals surface area contributed by atoms with Gasteiger partial charge >= 0.3 is 6.09 Å². The molecule has 0 radical (unpaired) electrons. The van der Waals surface area contributed by atoms with Crippen LogP contribution in [0.15, 0.2) is 120 Å². The van der Waals surface area contributed by atoms with E-state index >= 15 is 0 Å². The first kappa shape index (κ1) is 44.7. The van der Waals surface area contributed by atoms with Crippen LogP contribution in [0.4, 0.5) is 4.79 Å². The monoisotopic (exact) mass is 889 g/mol. The molecule has 2 heterocycles. The predicted octanol–water partition coefficient (Wildman–Crippen LogP) is 7.40. The van der Waals surface area contributed by atoms with Gasteiger partial charge in [0.15, 0.2) is 11.5 Å². The molecule has 1 aliphatic carbocycles. The number of hydrogen-bond donors (Lipinski definition) is 3. The number of fused-ring (bicyclic) bond motifs is 5. The molecule has 336 valence electrons. The van der Waals surface area contributed by atoms with E-state index in [9.17, 15) is 23.1 Å². The van der Waals surface area contributed by atoms with Crippen LogP contribution >= 0.6 is 0 Å². The van der Waals surface area contributed by atoms with Crippen LogP contribution in [0.25, 0.3) is 11.1 Å². The highest BCUT2D eigenvalue weighted by molar-refractivity contribution is 7.89. The number of ether oxygens (including phenoxy) is 5. The number of carbonyl (C=O) groups excluding carboxylic acids is 2. The zero-order valence-electron chi connectivity index (χ0n) is 36.2. The van der Waals surface area contributed by atoms with Gasteiger partial charge in [-0.1, -0.05) is 84.9 Å². The molecule has 8 rings (SSSR count). The van der Waals surface area contributed by atoms with E-state index in [2.05, 4.69) is 22.2 Å². The standard InChI is InChI=1S/C50H55N3O10S/c1-59-26-12-11-24-50(42-18-7-9-20-44(42)63-45-21-10-8-19-43(45)50)33-51-48(55)34-28-35(52-64(57,58)36-22-23-46(47(29-36)60-2)61-27-13-25-54)31-53(30-34)49(56)62-32-41-39-16-5-3-14-37(39)38-15-4-6-17-40(38)41/h3-10,14-23,29,34-35,41,52,54H,11-13,24-28,30-33H2,1-2H3,(H,51,55). The summed E-state index contributed by atoms with van der Waals surface area (Å²) in [5, 5.41) is 12.5. The van der Waals surface area contributed by atoms with Gasteiger partial charge in [0.1, 0.15) is 18.1 Å². The fraction of sp³-hybridized carbons (Fsp3) is 0.360. The number of nitrogens with one attached hydrogen (secondary N) is 2. The summed E-state index contributed by atoms with van der Waals surface area (Å²) in [7, 11) is -1.11. The number of aliphatic hydroxyl groups excluding tert-OH is 1. The van der Waals surface area contributed by atoms with E-state index in [0.29, 0.717) is 25.2 Å². The minimum Gasteiger partial charge on any atom is -0.493 e. The number of likely N-dealkylation sites (tertiary alicyclic amines) is 1. The molecule has 0 spiro atoms. The van der Waals surface area contributed by atoms with E-state index in [4.69, 9.17) is 23.7 Å². The van der Waals surface area contributed by atoms with E-state index in [-0.39, 0.29) is 68.3 Å². The summed E-state index contributed by atoms with van der Waals surface area (Å²) in [6.45, 7) is 1.06. The van der Waals surface area contributed by atoms with Crippen molar-refractivity contribution >= 4 is 22.0 Å². The van der Waals surface area contributed by atoms with Crippen LogP contribution < -0.4 is 24.2 Å². The summed E-state index contributed by atoms with van der Waals surface area (Å²) in [5.74, 6) is 0.671. The van der Waals surface area contributed by atoms with Crippen LogP contribution in [0.2, 0.25) is 0 Å². The van der Waals surface area contributed by atoms with Crippen molar-refractivity contribution in [2.24, 2.45) is 5.92 Å². The number of hydrogen-bond acceptors (Lipinski definition) is 10. The molecule has 1 saturated heterocycles. The van der Waals surface area contributed by atoms with Crippen molar-refractivity contribution in [1.29, 1.82) is 0 Å². The number of nitrogens with zero attached hydrogens (tertiary/aromatic N) is 1. The molecule has 2 atom stereocenters. The van der Waals surface area contributed by atoms with Gasteiger partial charge in [-0.3, -0.25) is 4.79 Å². The fourth-order valence-electron chi connectivity index (χ4n) is 9.45. The van der Waals surface area contributed by atoms with E-state index in [0.717, 1.165) is 57.7 Å². The lowest BCUT2D eigenvalue weighted by molar-refractivity contribution is -0.127. The summed E-state index contributed by atoms with van der Waals surface area (Å²) in [6, 6.07) is 35.3. The molecule has 3 N–H and O–H groups in total. The molecule has 3 aliphatic rings. The Morgan fingerprint density at radius 2 is 1.45 bits per heavy atom. The van der Waals surface area contributed by atoms with Gasteiger partial charge in [0.05, 0.1) is 24.5 Å². The summed E-state index contributed by atoms with van der Waals surface area (Å²) in [5.41, 5.74) is 5.58. The molecular weight excluding hydrogens is 835 g/mol. The van der Waals surface area contributed by atoms with Gasteiger partial charge in [0.25, 0.3) is 0 Å². The Morgan fingerprint density at radius 1 is 0.797 bits per heavy atom. The van der Waals surface area contributed by atoms with E-state index in [1.54, 1.807) is 7.11 Å². The Morgan fingerprint density at radius 3 is 2.11 bits per heavy atom. The average Bonchev–Trinajstić information content (AvgIpc) is 3.64. The van der Waals surface area contributed by atoms with Crippen LogP contribution in [0, 0.1) is 5.92 Å². The van der Waals surface area contributed by atoms with Gasteiger partial charge in [0.2, 0.25) is 15.9 Å². The largest absolute Gasteiger partial charge is 0.493 e. The normalized spacial score (nSPS) is 17.3. The Labute approximate surface area is 374 Å². The highest BCUT2D eigenvalue weighted by Crippen LogP contribution is 2.50. The van der Waals surface area contributed by atoms with Crippen molar-refractivity contribution in [3.8, 4) is 34.1 Å². The second-order valence-electron chi connectivity index (χ2n) is 16.5. The van der Waals surface area contributed by atoms with E-state index in [1.807, 2.05) is 84.9 Å². The molecule has 0 saturated carbocycles. The maximum atomic E-state index is 14.6. The number of para-hydroxylation sites is 2. The second-order valence-corrected chi connectivity index (χ2v) is 18.3. The molecule has 14 heteroatoms. The van der Waals surface area contributed by atoms with Gasteiger partial charge in [0, 0.05) is 80.9 Å². The second kappa shape index (κ2) is 19.9. The number of carbonyl (C=O) groups is 2. The Hall–Kier alpha value is -5.93. The lowest BCUT2D eigenvalue weighted by Gasteiger charge is -2.41. The third-order valence-electron chi connectivity index (χ3n) is 12.5. The number of unbranched alkanes of at least 4 members (excludes halogenated alkanes) is 1. The van der Waals surface area contributed by atoms with Gasteiger partial charge in [-0.05, 0) is 72.2 Å². The Kier molecular flexibility index (Phi) is 13.9. The van der Waals surface area contributed by atoms with Gasteiger partial charge in [-0.15, -0.1) is 0 Å². The number of piperidine rings is 1. The highest BCUT2D eigenvalue weighted by Gasteiger charge is 2.44. The van der Waals surface area contributed by atoms with Crippen molar-refractivity contribution in [3.63, 3.8) is 0 Å². The molecule has 1 fully saturated rings. The minimum atomic E-state index is -4.21. The average molecular weight is 890 g/mol. The van der Waals surface area contributed by atoms with Gasteiger partial charge in [-0.25, -0.2) is 17.9 Å². The van der Waals surface area contributed by atoms with Gasteiger partial charge in [-0.2, -0.15) is 0 Å². The van der Waals surface area contributed by atoms with Crippen LogP contribution in [-0.2, 0) is 29.7 Å². The molecule has 13 nitrogen and oxygen atoms in total. The maximum absolute atomic E-state index is 14.6. The summed E-state index contributed by atoms with van der Waals surface area (Å²) < 4.78 is 60.0. The smallest absolute Gasteiger partial charge is 0.409 e. The quantitative estimate of drug-likeness (QED) is 0.0757. The Bertz CT molecular complexity index is 2480. The summed E-state index contributed by atoms with van der Waals surface area (Å²) >= 11 is 0. The van der Waals surface area contributed by atoms with Crippen LogP contribution in [0.3, 0.4) is 0 Å². The van der Waals surface area contributed by atoms with E-state index in [1.165, 1.54) is 30.2 Å². The van der Waals surface area contributed by atoms with Gasteiger partial charge < -0.3 is 39.0 Å². The summed E-state index contributed by atoms with van der Waals surface area (Å²) in [4.78, 5) is 30.2. The van der Waals surface area contributed by atoms with Crippen LogP contribution in [0.5, 0.6) is 23.0 Å². The molecule has 0 aromatic heterocycles. The van der Waals surface area contributed by atoms with Crippen molar-refractivity contribution in [2.75, 3.05) is 60.3 Å². The zero-order chi connectivity index (χ0) is 44.7. The van der Waals surface area contributed by atoms with Crippen molar-refractivity contribution < 1.29 is 46.8 Å². The highest BCUT2D eigenvalue weighted by atomic mass is 32.2. The fourth-order valence-corrected chi connectivity index (χ4v) is 10.7. The number of methoxy groups -OCH3 is 2. The van der Waals surface area contributed by atoms with Crippen molar-refractivity contribution in [1.82, 2.24) is 14.9 Å². The third-order valence-corrected chi connectivity index (χ3v) is 14.1. The topological polar surface area (TPSA) is 162 Å².